The lowest BCUT2D eigenvalue weighted by Gasteiger charge is -2.21. The second-order valence-electron chi connectivity index (χ2n) is 6.05. The molecular weight excluding hydrogens is 304 g/mol. The van der Waals surface area contributed by atoms with Crippen LogP contribution >= 0.6 is 0 Å². The van der Waals surface area contributed by atoms with Gasteiger partial charge >= 0.3 is 0 Å². The topological polar surface area (TPSA) is 90.8 Å². The molecule has 1 aromatic carbocycles. The quantitative estimate of drug-likeness (QED) is 0.752. The number of aromatic amines is 1. The molecule has 7 heteroatoms. The maximum absolute atomic E-state index is 10.8. The van der Waals surface area contributed by atoms with E-state index >= 15 is 0 Å². The Morgan fingerprint density at radius 1 is 1.21 bits per heavy atom. The van der Waals surface area contributed by atoms with Gasteiger partial charge in [-0.3, -0.25) is 0 Å². The number of nitrogens with one attached hydrogen (secondary N) is 1. The van der Waals surface area contributed by atoms with E-state index in [2.05, 4.69) is 42.4 Å². The molecule has 2 N–H and O–H groups in total. The van der Waals surface area contributed by atoms with E-state index in [1.165, 1.54) is 5.56 Å². The summed E-state index contributed by atoms with van der Waals surface area (Å²) < 4.78 is 0. The molecule has 0 spiro atoms. The Morgan fingerprint density at radius 3 is 2.88 bits per heavy atom. The van der Waals surface area contributed by atoms with Crippen LogP contribution < -0.4 is 4.90 Å². The van der Waals surface area contributed by atoms with Crippen molar-refractivity contribution in [1.82, 2.24) is 25.4 Å². The fourth-order valence-corrected chi connectivity index (χ4v) is 3.05. The van der Waals surface area contributed by atoms with E-state index in [-0.39, 0.29) is 0 Å². The molecule has 0 radical (unpaired) electrons. The molecule has 3 aromatic rings. The van der Waals surface area contributed by atoms with E-state index in [0.29, 0.717) is 31.6 Å². The van der Waals surface area contributed by atoms with Gasteiger partial charge in [0.25, 0.3) is 0 Å². The molecule has 0 saturated carbocycles. The lowest BCUT2D eigenvalue weighted by molar-refractivity contribution is 0.0559. The Morgan fingerprint density at radius 2 is 2.08 bits per heavy atom. The molecule has 1 aliphatic rings. The van der Waals surface area contributed by atoms with Crippen molar-refractivity contribution in [3.63, 3.8) is 0 Å². The monoisotopic (exact) mass is 322 g/mol. The zero-order valence-corrected chi connectivity index (χ0v) is 13.1. The maximum atomic E-state index is 10.8. The molecule has 1 unspecified atom stereocenters. The zero-order chi connectivity index (χ0) is 16.4. The summed E-state index contributed by atoms with van der Waals surface area (Å²) in [5, 5.41) is 21.2. The minimum atomic E-state index is -0.989. The highest BCUT2D eigenvalue weighted by Crippen LogP contribution is 2.32. The minimum absolute atomic E-state index is 0.446. The van der Waals surface area contributed by atoms with Gasteiger partial charge in [0.1, 0.15) is 22.9 Å². The molecule has 0 bridgehead atoms. The summed E-state index contributed by atoms with van der Waals surface area (Å²) in [4.78, 5) is 11.1. The van der Waals surface area contributed by atoms with Crippen molar-refractivity contribution in [2.45, 2.75) is 18.4 Å². The summed E-state index contributed by atoms with van der Waals surface area (Å²) in [5.41, 5.74) is 0.760. The molecule has 1 saturated heterocycles. The predicted molar refractivity (Wildman–Crippen MR) is 88.4 cm³/mol. The third-order valence-corrected chi connectivity index (χ3v) is 4.36. The van der Waals surface area contributed by atoms with Gasteiger partial charge in [0.05, 0.1) is 12.7 Å². The highest BCUT2D eigenvalue weighted by Gasteiger charge is 2.40. The molecule has 24 heavy (non-hydrogen) atoms. The zero-order valence-electron chi connectivity index (χ0n) is 13.1. The minimum Gasteiger partial charge on any atom is -0.381 e. The first-order valence-electron chi connectivity index (χ1n) is 7.92. The summed E-state index contributed by atoms with van der Waals surface area (Å²) in [5.74, 6) is 1.60. The van der Waals surface area contributed by atoms with E-state index in [1.54, 1.807) is 12.4 Å². The third kappa shape index (κ3) is 2.85. The van der Waals surface area contributed by atoms with Gasteiger partial charge in [0.2, 0.25) is 0 Å². The van der Waals surface area contributed by atoms with Gasteiger partial charge in [0, 0.05) is 25.6 Å². The Kier molecular flexibility index (Phi) is 3.70. The summed E-state index contributed by atoms with van der Waals surface area (Å²) in [6.07, 6.45) is 4.63. The Balaban J connectivity index is 1.52. The van der Waals surface area contributed by atoms with Gasteiger partial charge in [-0.25, -0.2) is 9.97 Å². The lowest BCUT2D eigenvalue weighted by atomic mass is 10.0. The van der Waals surface area contributed by atoms with Crippen LogP contribution in [0.1, 0.15) is 23.5 Å². The predicted octanol–water partition coefficient (Wildman–Crippen LogP) is 1.28. The van der Waals surface area contributed by atoms with Crippen molar-refractivity contribution >= 4 is 5.82 Å². The molecule has 0 aliphatic carbocycles. The van der Waals surface area contributed by atoms with Crippen molar-refractivity contribution in [2.24, 2.45) is 0 Å². The first kappa shape index (κ1) is 14.8. The van der Waals surface area contributed by atoms with E-state index in [4.69, 9.17) is 0 Å². The molecule has 2 aromatic heterocycles. The normalized spacial score (nSPS) is 20.5. The number of aromatic nitrogens is 5. The van der Waals surface area contributed by atoms with Gasteiger partial charge < -0.3 is 10.0 Å². The lowest BCUT2D eigenvalue weighted by Crippen LogP contribution is -2.31. The number of rotatable bonds is 4. The number of nitrogens with zero attached hydrogens (tertiary/aromatic N) is 5. The summed E-state index contributed by atoms with van der Waals surface area (Å²) in [6, 6.07) is 12.0. The van der Waals surface area contributed by atoms with Crippen molar-refractivity contribution in [3.05, 3.63) is 65.9 Å². The van der Waals surface area contributed by atoms with Crippen LogP contribution in [0.4, 0.5) is 5.82 Å². The third-order valence-electron chi connectivity index (χ3n) is 4.36. The molecule has 1 aliphatic heterocycles. The Labute approximate surface area is 139 Å². The average molecular weight is 322 g/mol. The standard InChI is InChI=1S/C17H18N6O/c24-17(14-11-19-22-21-14)7-9-23(12-17)16-6-8-18-15(20-16)10-13-4-2-1-3-5-13/h1-6,8,11,24H,7,9-10,12H2,(H,19,21,22). The number of benzene rings is 1. The molecule has 1 atom stereocenters. The van der Waals surface area contributed by atoms with Crippen molar-refractivity contribution in [3.8, 4) is 0 Å². The van der Waals surface area contributed by atoms with E-state index in [0.717, 1.165) is 11.6 Å². The van der Waals surface area contributed by atoms with Crippen molar-refractivity contribution in [1.29, 1.82) is 0 Å². The number of hydrogen-bond donors (Lipinski definition) is 2. The largest absolute Gasteiger partial charge is 0.381 e. The smallest absolute Gasteiger partial charge is 0.135 e. The van der Waals surface area contributed by atoms with Crippen LogP contribution in [0.25, 0.3) is 0 Å². The Bertz CT molecular complexity index is 807. The van der Waals surface area contributed by atoms with Crippen LogP contribution in [0.15, 0.2) is 48.8 Å². The van der Waals surface area contributed by atoms with Crippen LogP contribution in [0.3, 0.4) is 0 Å². The van der Waals surface area contributed by atoms with Crippen molar-refractivity contribution in [2.75, 3.05) is 18.0 Å². The Hall–Kier alpha value is -2.80. The molecule has 122 valence electrons. The number of aliphatic hydroxyl groups is 1. The molecule has 7 nitrogen and oxygen atoms in total. The molecule has 1 fully saturated rings. The first-order valence-corrected chi connectivity index (χ1v) is 7.92. The van der Waals surface area contributed by atoms with Crippen LogP contribution in [0.2, 0.25) is 0 Å². The van der Waals surface area contributed by atoms with Gasteiger partial charge in [-0.2, -0.15) is 15.4 Å². The fourth-order valence-electron chi connectivity index (χ4n) is 3.05. The highest BCUT2D eigenvalue weighted by atomic mass is 16.3. The number of β-amino-alcohol motifs (C(OH)–C–C–N with tert-alkyl or cyclic N) is 1. The average Bonchev–Trinajstić information content (AvgIpc) is 3.27. The second kappa shape index (κ2) is 6.01. The highest BCUT2D eigenvalue weighted by molar-refractivity contribution is 5.41. The number of anilines is 1. The van der Waals surface area contributed by atoms with Gasteiger partial charge in [-0.15, -0.1) is 0 Å². The maximum Gasteiger partial charge on any atom is 0.135 e. The summed E-state index contributed by atoms with van der Waals surface area (Å²) >= 11 is 0. The number of H-pyrrole nitrogens is 1. The van der Waals surface area contributed by atoms with Crippen LogP contribution in [-0.2, 0) is 12.0 Å². The van der Waals surface area contributed by atoms with Crippen LogP contribution in [-0.4, -0.2) is 43.6 Å². The molecule has 0 amide bonds. The van der Waals surface area contributed by atoms with E-state index < -0.39 is 5.60 Å². The van der Waals surface area contributed by atoms with Gasteiger partial charge in [0.15, 0.2) is 0 Å². The van der Waals surface area contributed by atoms with E-state index in [9.17, 15) is 5.11 Å². The molecule has 3 heterocycles. The van der Waals surface area contributed by atoms with Gasteiger partial charge in [-0.1, -0.05) is 30.3 Å². The SMILES string of the molecule is OC1(c2cn[nH]n2)CCN(c2ccnc(Cc3ccccc3)n2)C1. The fraction of sp³-hybridized carbons (Fsp3) is 0.294. The molecule has 4 rings (SSSR count). The summed E-state index contributed by atoms with van der Waals surface area (Å²) in [7, 11) is 0. The summed E-state index contributed by atoms with van der Waals surface area (Å²) in [6.45, 7) is 1.16. The second-order valence-corrected chi connectivity index (χ2v) is 6.05. The molecular formula is C17H18N6O. The van der Waals surface area contributed by atoms with E-state index in [1.807, 2.05) is 24.3 Å². The van der Waals surface area contributed by atoms with Crippen LogP contribution in [0.5, 0.6) is 0 Å². The van der Waals surface area contributed by atoms with Crippen molar-refractivity contribution < 1.29 is 5.11 Å². The van der Waals surface area contributed by atoms with Gasteiger partial charge in [-0.05, 0) is 11.6 Å². The number of hydrogen-bond acceptors (Lipinski definition) is 6. The van der Waals surface area contributed by atoms with Crippen LogP contribution in [0, 0.1) is 0 Å². The first-order chi connectivity index (χ1) is 11.7.